The van der Waals surface area contributed by atoms with Crippen LogP contribution in [0.1, 0.15) is 11.1 Å². The van der Waals surface area contributed by atoms with E-state index in [1.54, 1.807) is 35.1 Å². The first-order valence-corrected chi connectivity index (χ1v) is 9.09. The Morgan fingerprint density at radius 3 is 2.60 bits per heavy atom. The fourth-order valence-electron chi connectivity index (χ4n) is 2.40. The van der Waals surface area contributed by atoms with Gasteiger partial charge in [0.25, 0.3) is 0 Å². The number of rotatable bonds is 5. The van der Waals surface area contributed by atoms with Crippen LogP contribution in [-0.4, -0.2) is 22.3 Å². The van der Waals surface area contributed by atoms with Gasteiger partial charge in [-0.3, -0.25) is 9.48 Å². The molecule has 0 saturated carbocycles. The summed E-state index contributed by atoms with van der Waals surface area (Å²) in [5.74, 6) is 4.78. The van der Waals surface area contributed by atoms with E-state index in [-0.39, 0.29) is 10.6 Å². The van der Waals surface area contributed by atoms with Gasteiger partial charge in [-0.25, -0.2) is 0 Å². The Labute approximate surface area is 175 Å². The highest BCUT2D eigenvalue weighted by Gasteiger charge is 2.30. The van der Waals surface area contributed by atoms with Gasteiger partial charge in [0, 0.05) is 29.6 Å². The molecule has 0 spiro atoms. The summed E-state index contributed by atoms with van der Waals surface area (Å²) in [7, 11) is 0. The molecule has 3 aromatic rings. The van der Waals surface area contributed by atoms with Gasteiger partial charge in [0.15, 0.2) is 0 Å². The van der Waals surface area contributed by atoms with Crippen LogP contribution in [0.25, 0.3) is 0 Å². The third-order valence-electron chi connectivity index (χ3n) is 3.87. The zero-order valence-electron chi connectivity index (χ0n) is 15.4. The molecule has 0 radical (unpaired) electrons. The van der Waals surface area contributed by atoms with Gasteiger partial charge in [-0.05, 0) is 48.5 Å². The van der Waals surface area contributed by atoms with E-state index in [1.807, 2.05) is 12.3 Å². The first-order chi connectivity index (χ1) is 14.3. The average Bonchev–Trinajstić information content (AvgIpc) is 3.21. The van der Waals surface area contributed by atoms with Crippen molar-refractivity contribution in [1.82, 2.24) is 9.78 Å². The Hall–Kier alpha value is -3.44. The van der Waals surface area contributed by atoms with Crippen LogP contribution in [0.5, 0.6) is 5.75 Å². The average molecular weight is 434 g/mol. The van der Waals surface area contributed by atoms with Gasteiger partial charge < -0.3 is 10.1 Å². The van der Waals surface area contributed by atoms with E-state index >= 15 is 0 Å². The molecule has 0 bridgehead atoms. The lowest BCUT2D eigenvalue weighted by Crippen LogP contribution is -2.09. The smallest absolute Gasteiger partial charge is 0.416 e. The predicted molar refractivity (Wildman–Crippen MR) is 106 cm³/mol. The summed E-state index contributed by atoms with van der Waals surface area (Å²) in [6.07, 6.45) is -0.977. The topological polar surface area (TPSA) is 56.1 Å². The number of amides is 1. The van der Waals surface area contributed by atoms with Crippen LogP contribution in [0.15, 0.2) is 60.9 Å². The summed E-state index contributed by atoms with van der Waals surface area (Å²) in [5, 5.41) is 6.46. The van der Waals surface area contributed by atoms with E-state index in [9.17, 15) is 18.0 Å². The molecule has 0 aliphatic rings. The molecule has 1 amide bonds. The molecule has 5 nitrogen and oxygen atoms in total. The van der Waals surface area contributed by atoms with Crippen LogP contribution in [0.2, 0.25) is 5.02 Å². The van der Waals surface area contributed by atoms with Gasteiger partial charge in [-0.15, -0.1) is 0 Å². The molecular formula is C21H15ClF3N3O2. The highest BCUT2D eigenvalue weighted by molar-refractivity contribution is 6.31. The second-order valence-electron chi connectivity index (χ2n) is 6.04. The molecule has 0 atom stereocenters. The molecule has 0 aliphatic heterocycles. The predicted octanol–water partition coefficient (Wildman–Crippen LogP) is 4.62. The summed E-state index contributed by atoms with van der Waals surface area (Å²) >= 11 is 5.82. The van der Waals surface area contributed by atoms with Gasteiger partial charge in [-0.1, -0.05) is 17.5 Å². The summed E-state index contributed by atoms with van der Waals surface area (Å²) in [4.78, 5) is 12.0. The number of carbonyl (C=O) groups excluding carboxylic acids is 1. The van der Waals surface area contributed by atoms with E-state index in [0.717, 1.165) is 18.2 Å². The van der Waals surface area contributed by atoms with Crippen LogP contribution >= 0.6 is 11.6 Å². The molecule has 3 rings (SSSR count). The number of hydrogen-bond acceptors (Lipinski definition) is 3. The molecule has 154 valence electrons. The van der Waals surface area contributed by atoms with Crippen molar-refractivity contribution >= 4 is 23.2 Å². The Morgan fingerprint density at radius 1 is 1.20 bits per heavy atom. The largest absolute Gasteiger partial charge is 0.492 e. The number of nitrogens with zero attached hydrogens (tertiary/aromatic N) is 2. The van der Waals surface area contributed by atoms with Gasteiger partial charge in [0.2, 0.25) is 0 Å². The minimum atomic E-state index is -4.50. The normalized spacial score (nSPS) is 10.8. The maximum absolute atomic E-state index is 12.6. The van der Waals surface area contributed by atoms with Crippen molar-refractivity contribution in [3.05, 3.63) is 77.1 Å². The van der Waals surface area contributed by atoms with Crippen molar-refractivity contribution in [1.29, 1.82) is 0 Å². The van der Waals surface area contributed by atoms with E-state index in [2.05, 4.69) is 22.3 Å². The molecule has 1 heterocycles. The first kappa shape index (κ1) is 21.3. The minimum Gasteiger partial charge on any atom is -0.492 e. The zero-order chi connectivity index (χ0) is 21.6. The third kappa shape index (κ3) is 6.03. The number of carbonyl (C=O) groups is 1. The SMILES string of the molecule is O=C(C#Cc1ccc(C(F)(F)F)cc1Cl)Nc1ccc(OCCn2cccn2)cc1. The summed E-state index contributed by atoms with van der Waals surface area (Å²) < 4.78 is 45.3. The number of hydrogen-bond donors (Lipinski definition) is 1. The summed E-state index contributed by atoms with van der Waals surface area (Å²) in [5.41, 5.74) is -0.262. The molecule has 0 fully saturated rings. The van der Waals surface area contributed by atoms with Crippen LogP contribution in [0.3, 0.4) is 0 Å². The molecule has 1 N–H and O–H groups in total. The van der Waals surface area contributed by atoms with Gasteiger partial charge >= 0.3 is 12.1 Å². The number of halogens is 4. The maximum atomic E-state index is 12.6. The highest BCUT2D eigenvalue weighted by Crippen LogP contribution is 2.31. The fraction of sp³-hybridized carbons (Fsp3) is 0.143. The Kier molecular flexibility index (Phi) is 6.65. The quantitative estimate of drug-likeness (QED) is 0.597. The van der Waals surface area contributed by atoms with Gasteiger partial charge in [0.05, 0.1) is 17.1 Å². The summed E-state index contributed by atoms with van der Waals surface area (Å²) in [6.45, 7) is 1.04. The summed E-state index contributed by atoms with van der Waals surface area (Å²) in [6, 6.07) is 11.3. The lowest BCUT2D eigenvalue weighted by atomic mass is 10.1. The number of ether oxygens (including phenoxy) is 1. The fourth-order valence-corrected chi connectivity index (χ4v) is 2.63. The van der Waals surface area contributed by atoms with E-state index in [4.69, 9.17) is 16.3 Å². The Balaban J connectivity index is 1.54. The molecule has 2 aromatic carbocycles. The monoisotopic (exact) mass is 433 g/mol. The van der Waals surface area contributed by atoms with Crippen LogP contribution in [-0.2, 0) is 17.5 Å². The van der Waals surface area contributed by atoms with E-state index in [0.29, 0.717) is 24.6 Å². The van der Waals surface area contributed by atoms with Crippen molar-refractivity contribution in [3.8, 4) is 17.6 Å². The number of nitrogens with one attached hydrogen (secondary N) is 1. The third-order valence-corrected chi connectivity index (χ3v) is 4.18. The zero-order valence-corrected chi connectivity index (χ0v) is 16.2. The maximum Gasteiger partial charge on any atom is 0.416 e. The van der Waals surface area contributed by atoms with Gasteiger partial charge in [-0.2, -0.15) is 18.3 Å². The molecule has 1 aromatic heterocycles. The van der Waals surface area contributed by atoms with Crippen LogP contribution in [0.4, 0.5) is 18.9 Å². The number of aromatic nitrogens is 2. The van der Waals surface area contributed by atoms with Crippen molar-refractivity contribution < 1.29 is 22.7 Å². The Bertz CT molecular complexity index is 1070. The standard InChI is InChI=1S/C21H15ClF3N3O2/c22-19-14-16(21(23,24)25)4-2-15(19)3-9-20(29)27-17-5-7-18(8-6-17)30-13-12-28-11-1-10-26-28/h1-2,4-8,10-11,14H,12-13H2,(H,27,29). The number of alkyl halides is 3. The number of benzene rings is 2. The number of anilines is 1. The molecule has 0 unspecified atom stereocenters. The van der Waals surface area contributed by atoms with Crippen molar-refractivity contribution in [2.75, 3.05) is 11.9 Å². The molecule has 0 saturated heterocycles. The van der Waals surface area contributed by atoms with Gasteiger partial charge in [0.1, 0.15) is 12.4 Å². The molecule has 0 aliphatic carbocycles. The minimum absolute atomic E-state index is 0.126. The van der Waals surface area contributed by atoms with Crippen molar-refractivity contribution in [2.45, 2.75) is 12.7 Å². The van der Waals surface area contributed by atoms with Crippen LogP contribution < -0.4 is 10.1 Å². The molecule has 30 heavy (non-hydrogen) atoms. The lowest BCUT2D eigenvalue weighted by Gasteiger charge is -2.07. The highest BCUT2D eigenvalue weighted by atomic mass is 35.5. The lowest BCUT2D eigenvalue weighted by molar-refractivity contribution is -0.137. The second-order valence-corrected chi connectivity index (χ2v) is 6.45. The van der Waals surface area contributed by atoms with Crippen molar-refractivity contribution in [3.63, 3.8) is 0 Å². The molecule has 9 heteroatoms. The van der Waals surface area contributed by atoms with Crippen LogP contribution in [0, 0.1) is 11.8 Å². The first-order valence-electron chi connectivity index (χ1n) is 8.71. The van der Waals surface area contributed by atoms with Crippen molar-refractivity contribution in [2.24, 2.45) is 0 Å². The Morgan fingerprint density at radius 2 is 1.97 bits per heavy atom. The van der Waals surface area contributed by atoms with E-state index < -0.39 is 17.6 Å². The molecular weight excluding hydrogens is 419 g/mol. The second kappa shape index (κ2) is 9.37. The van der Waals surface area contributed by atoms with E-state index in [1.165, 1.54) is 0 Å².